The number of piperidine rings is 1. The van der Waals surface area contributed by atoms with Gasteiger partial charge in [0.2, 0.25) is 0 Å². The number of benzene rings is 1. The van der Waals surface area contributed by atoms with Crippen molar-refractivity contribution < 1.29 is 14.3 Å². The quantitative estimate of drug-likeness (QED) is 0.653. The molecule has 142 valence electrons. The summed E-state index contributed by atoms with van der Waals surface area (Å²) in [4.78, 5) is 35.8. The lowest BCUT2D eigenvalue weighted by Gasteiger charge is -2.26. The van der Waals surface area contributed by atoms with E-state index >= 15 is 0 Å². The molecule has 0 bridgehead atoms. The fourth-order valence-corrected chi connectivity index (χ4v) is 3.43. The van der Waals surface area contributed by atoms with Crippen molar-refractivity contribution in [3.8, 4) is 11.4 Å². The number of aromatic nitrogens is 2. The van der Waals surface area contributed by atoms with Crippen molar-refractivity contribution in [2.45, 2.75) is 19.3 Å². The highest BCUT2D eigenvalue weighted by atomic mass is 16.5. The fourth-order valence-electron chi connectivity index (χ4n) is 3.43. The van der Waals surface area contributed by atoms with E-state index in [1.54, 1.807) is 17.2 Å². The molecule has 0 unspecified atom stereocenters. The molecule has 0 saturated carbocycles. The molecule has 3 heterocycles. The van der Waals surface area contributed by atoms with Crippen LogP contribution >= 0.6 is 0 Å². The Bertz CT molecular complexity index is 998. The lowest BCUT2D eigenvalue weighted by Crippen LogP contribution is -2.38. The second kappa shape index (κ2) is 8.17. The number of rotatable bonds is 4. The van der Waals surface area contributed by atoms with Crippen LogP contribution in [-0.2, 0) is 9.53 Å². The largest absolute Gasteiger partial charge is 0.452 e. The molecular formula is C22H21N3O3. The maximum absolute atomic E-state index is 12.8. The predicted octanol–water partition coefficient (Wildman–Crippen LogP) is 3.47. The number of carbonyl (C=O) groups is 2. The summed E-state index contributed by atoms with van der Waals surface area (Å²) in [5.74, 6) is -0.669. The Hall–Kier alpha value is -3.28. The third kappa shape index (κ3) is 3.86. The van der Waals surface area contributed by atoms with Crippen molar-refractivity contribution in [2.24, 2.45) is 0 Å². The molecule has 6 nitrogen and oxygen atoms in total. The maximum atomic E-state index is 12.8. The fraction of sp³-hybridized carbons (Fsp3) is 0.273. The SMILES string of the molecule is O=C(OCC(=O)N1CCCCC1)c1cc(-c2ccccn2)nc2ccccc12. The van der Waals surface area contributed by atoms with E-state index < -0.39 is 5.97 Å². The Morgan fingerprint density at radius 1 is 0.964 bits per heavy atom. The van der Waals surface area contributed by atoms with Gasteiger partial charge in [0, 0.05) is 24.7 Å². The van der Waals surface area contributed by atoms with Crippen molar-refractivity contribution in [1.82, 2.24) is 14.9 Å². The van der Waals surface area contributed by atoms with Gasteiger partial charge in [0.1, 0.15) is 0 Å². The van der Waals surface area contributed by atoms with E-state index in [0.717, 1.165) is 32.4 Å². The number of hydrogen-bond donors (Lipinski definition) is 0. The number of pyridine rings is 2. The molecule has 0 radical (unpaired) electrons. The smallest absolute Gasteiger partial charge is 0.339 e. The second-order valence-electron chi connectivity index (χ2n) is 6.80. The van der Waals surface area contributed by atoms with Gasteiger partial charge in [0.15, 0.2) is 6.61 Å². The number of esters is 1. The van der Waals surface area contributed by atoms with Crippen LogP contribution in [0.15, 0.2) is 54.7 Å². The summed E-state index contributed by atoms with van der Waals surface area (Å²) in [6.45, 7) is 1.23. The van der Waals surface area contributed by atoms with Gasteiger partial charge in [0.25, 0.3) is 5.91 Å². The summed E-state index contributed by atoms with van der Waals surface area (Å²) in [5, 5.41) is 0.692. The molecule has 1 saturated heterocycles. The van der Waals surface area contributed by atoms with Crippen LogP contribution in [0.4, 0.5) is 0 Å². The minimum atomic E-state index is -0.527. The van der Waals surface area contributed by atoms with Crippen LogP contribution in [0, 0.1) is 0 Å². The third-order valence-corrected chi connectivity index (χ3v) is 4.90. The molecule has 1 fully saturated rings. The number of hydrogen-bond acceptors (Lipinski definition) is 5. The summed E-state index contributed by atoms with van der Waals surface area (Å²) in [5.41, 5.74) is 2.33. The van der Waals surface area contributed by atoms with E-state index in [1.807, 2.05) is 42.5 Å². The highest BCUT2D eigenvalue weighted by Crippen LogP contribution is 2.24. The minimum absolute atomic E-state index is 0.142. The average molecular weight is 375 g/mol. The van der Waals surface area contributed by atoms with E-state index in [0.29, 0.717) is 27.9 Å². The second-order valence-corrected chi connectivity index (χ2v) is 6.80. The number of para-hydroxylation sites is 1. The van der Waals surface area contributed by atoms with Crippen LogP contribution in [0.3, 0.4) is 0 Å². The predicted molar refractivity (Wildman–Crippen MR) is 106 cm³/mol. The number of ether oxygens (including phenoxy) is 1. The number of carbonyl (C=O) groups excluding carboxylic acids is 2. The van der Waals surface area contributed by atoms with Crippen LogP contribution in [0.25, 0.3) is 22.3 Å². The number of nitrogens with zero attached hydrogens (tertiary/aromatic N) is 3. The lowest BCUT2D eigenvalue weighted by atomic mass is 10.1. The van der Waals surface area contributed by atoms with Crippen LogP contribution in [0.2, 0.25) is 0 Å². The number of fused-ring (bicyclic) bond motifs is 1. The first-order valence-electron chi connectivity index (χ1n) is 9.48. The first-order valence-corrected chi connectivity index (χ1v) is 9.48. The first-order chi connectivity index (χ1) is 13.7. The number of likely N-dealkylation sites (tertiary alicyclic amines) is 1. The van der Waals surface area contributed by atoms with Crippen molar-refractivity contribution in [2.75, 3.05) is 19.7 Å². The minimum Gasteiger partial charge on any atom is -0.452 e. The van der Waals surface area contributed by atoms with Gasteiger partial charge in [-0.05, 0) is 43.5 Å². The highest BCUT2D eigenvalue weighted by Gasteiger charge is 2.20. The van der Waals surface area contributed by atoms with Gasteiger partial charge in [-0.3, -0.25) is 9.78 Å². The molecular weight excluding hydrogens is 354 g/mol. The van der Waals surface area contributed by atoms with E-state index in [4.69, 9.17) is 4.74 Å². The summed E-state index contributed by atoms with van der Waals surface area (Å²) in [6, 6.07) is 14.6. The van der Waals surface area contributed by atoms with Crippen molar-refractivity contribution in [3.63, 3.8) is 0 Å². The van der Waals surface area contributed by atoms with Crippen molar-refractivity contribution in [1.29, 1.82) is 0 Å². The normalized spacial score (nSPS) is 14.1. The van der Waals surface area contributed by atoms with Gasteiger partial charge >= 0.3 is 5.97 Å². The van der Waals surface area contributed by atoms with E-state index in [2.05, 4.69) is 9.97 Å². The molecule has 1 aliphatic heterocycles. The van der Waals surface area contributed by atoms with E-state index in [9.17, 15) is 9.59 Å². The Labute approximate surface area is 163 Å². The van der Waals surface area contributed by atoms with E-state index in [-0.39, 0.29) is 12.5 Å². The van der Waals surface area contributed by atoms with Crippen LogP contribution in [-0.4, -0.2) is 46.4 Å². The van der Waals surface area contributed by atoms with Gasteiger partial charge in [-0.25, -0.2) is 9.78 Å². The van der Waals surface area contributed by atoms with Crippen molar-refractivity contribution in [3.05, 3.63) is 60.3 Å². The first kappa shape index (κ1) is 18.1. The molecule has 2 aromatic heterocycles. The van der Waals surface area contributed by atoms with Crippen LogP contribution in [0.1, 0.15) is 29.6 Å². The maximum Gasteiger partial charge on any atom is 0.339 e. The molecule has 1 amide bonds. The van der Waals surface area contributed by atoms with Gasteiger partial charge in [-0.1, -0.05) is 24.3 Å². The summed E-state index contributed by atoms with van der Waals surface area (Å²) in [6.07, 6.45) is 4.83. The highest BCUT2D eigenvalue weighted by molar-refractivity contribution is 6.05. The number of amides is 1. The Balaban J connectivity index is 1.59. The Morgan fingerprint density at radius 3 is 2.54 bits per heavy atom. The summed E-state index contributed by atoms with van der Waals surface area (Å²) in [7, 11) is 0. The summed E-state index contributed by atoms with van der Waals surface area (Å²) < 4.78 is 5.36. The average Bonchev–Trinajstić information content (AvgIpc) is 2.77. The molecule has 28 heavy (non-hydrogen) atoms. The molecule has 0 atom stereocenters. The lowest BCUT2D eigenvalue weighted by molar-refractivity contribution is -0.135. The third-order valence-electron chi connectivity index (χ3n) is 4.90. The molecule has 3 aromatic rings. The molecule has 4 rings (SSSR count). The topological polar surface area (TPSA) is 72.4 Å². The molecule has 0 N–H and O–H groups in total. The van der Waals surface area contributed by atoms with Crippen molar-refractivity contribution >= 4 is 22.8 Å². The Kier molecular flexibility index (Phi) is 5.28. The van der Waals surface area contributed by atoms with E-state index in [1.165, 1.54) is 0 Å². The molecule has 1 aromatic carbocycles. The molecule has 1 aliphatic rings. The molecule has 6 heteroatoms. The van der Waals surface area contributed by atoms with Gasteiger partial charge in [-0.15, -0.1) is 0 Å². The van der Waals surface area contributed by atoms with Gasteiger partial charge < -0.3 is 9.64 Å². The van der Waals surface area contributed by atoms with Gasteiger partial charge in [-0.2, -0.15) is 0 Å². The monoisotopic (exact) mass is 375 g/mol. The zero-order chi connectivity index (χ0) is 19.3. The molecule has 0 aliphatic carbocycles. The van der Waals surface area contributed by atoms with Crippen LogP contribution in [0.5, 0.6) is 0 Å². The Morgan fingerprint density at radius 2 is 1.75 bits per heavy atom. The zero-order valence-corrected chi connectivity index (χ0v) is 15.5. The summed E-state index contributed by atoms with van der Waals surface area (Å²) >= 11 is 0. The van der Waals surface area contributed by atoms with Gasteiger partial charge in [0.05, 0.1) is 22.5 Å². The van der Waals surface area contributed by atoms with Crippen LogP contribution < -0.4 is 0 Å². The standard InChI is InChI=1S/C22H21N3O3/c26-21(25-12-6-1-7-13-25)15-28-22(27)17-14-20(19-10-4-5-11-23-19)24-18-9-3-2-8-16(17)18/h2-5,8-11,14H,1,6-7,12-13,15H2. The molecule has 0 spiro atoms. The zero-order valence-electron chi connectivity index (χ0n) is 15.5.